The lowest BCUT2D eigenvalue weighted by molar-refractivity contribution is -0.114. The standard InChI is InChI=1S/C28H30FN7O2S/c1-17(37)31-28-32-22-10-9-20-24(19-7-5-12-30-16-19)33-36(25(20)26(22)39-28)23-11-8-18(15-21(23)29)27(38)35(4)14-6-13-34(2)3/h5,7-8,11-12,15-16H,6,9-10,13-14H2,1-4H3,(H,31,32,37). The number of pyridine rings is 1. The molecule has 0 spiro atoms. The molecule has 1 aliphatic rings. The van der Waals surface area contributed by atoms with Crippen molar-refractivity contribution in [2.75, 3.05) is 39.5 Å². The number of carbonyl (C=O) groups excluding carboxylic acids is 2. The highest BCUT2D eigenvalue weighted by atomic mass is 32.1. The minimum Gasteiger partial charge on any atom is -0.342 e. The van der Waals surface area contributed by atoms with E-state index in [1.165, 1.54) is 24.3 Å². The molecule has 39 heavy (non-hydrogen) atoms. The van der Waals surface area contributed by atoms with E-state index in [-0.39, 0.29) is 23.1 Å². The maximum Gasteiger partial charge on any atom is 0.253 e. The second-order valence-electron chi connectivity index (χ2n) is 9.86. The highest BCUT2D eigenvalue weighted by Gasteiger charge is 2.31. The first-order valence-corrected chi connectivity index (χ1v) is 13.5. The fourth-order valence-corrected chi connectivity index (χ4v) is 5.86. The summed E-state index contributed by atoms with van der Waals surface area (Å²) >= 11 is 1.34. The zero-order valence-corrected chi connectivity index (χ0v) is 23.2. The van der Waals surface area contributed by atoms with Gasteiger partial charge in [0.25, 0.3) is 5.91 Å². The maximum absolute atomic E-state index is 15.7. The van der Waals surface area contributed by atoms with E-state index in [4.69, 9.17) is 5.10 Å². The first kappa shape index (κ1) is 26.6. The Morgan fingerprint density at radius 1 is 1.15 bits per heavy atom. The Kier molecular flexibility index (Phi) is 7.53. The number of rotatable bonds is 8. The molecule has 0 unspecified atom stereocenters. The van der Waals surface area contributed by atoms with E-state index in [1.807, 2.05) is 26.2 Å². The highest BCUT2D eigenvalue weighted by molar-refractivity contribution is 7.19. The number of halogens is 1. The van der Waals surface area contributed by atoms with Gasteiger partial charge in [-0.25, -0.2) is 14.1 Å². The quantitative estimate of drug-likeness (QED) is 0.354. The van der Waals surface area contributed by atoms with Crippen molar-refractivity contribution in [2.45, 2.75) is 26.2 Å². The van der Waals surface area contributed by atoms with Gasteiger partial charge >= 0.3 is 0 Å². The van der Waals surface area contributed by atoms with Crippen LogP contribution in [0.3, 0.4) is 0 Å². The number of fused-ring (bicyclic) bond motifs is 3. The molecule has 3 aromatic heterocycles. The predicted octanol–water partition coefficient (Wildman–Crippen LogP) is 4.28. The van der Waals surface area contributed by atoms with Crippen LogP contribution in [0.25, 0.3) is 27.5 Å². The minimum atomic E-state index is -0.552. The summed E-state index contributed by atoms with van der Waals surface area (Å²) in [5.41, 5.74) is 4.60. The molecule has 4 aromatic rings. The number of benzene rings is 1. The van der Waals surface area contributed by atoms with Crippen molar-refractivity contribution in [3.8, 4) is 27.5 Å². The van der Waals surface area contributed by atoms with Crippen molar-refractivity contribution >= 4 is 28.3 Å². The molecule has 5 rings (SSSR count). The van der Waals surface area contributed by atoms with Crippen molar-refractivity contribution < 1.29 is 14.0 Å². The number of aromatic nitrogens is 4. The number of nitrogens with one attached hydrogen (secondary N) is 1. The molecule has 2 amide bonds. The van der Waals surface area contributed by atoms with Gasteiger partial charge in [-0.3, -0.25) is 14.6 Å². The van der Waals surface area contributed by atoms with Crippen molar-refractivity contribution in [1.82, 2.24) is 29.5 Å². The van der Waals surface area contributed by atoms with Crippen LogP contribution in [-0.4, -0.2) is 75.6 Å². The van der Waals surface area contributed by atoms with Crippen molar-refractivity contribution in [1.29, 1.82) is 0 Å². The monoisotopic (exact) mass is 547 g/mol. The molecule has 0 bridgehead atoms. The van der Waals surface area contributed by atoms with Crippen molar-refractivity contribution in [3.63, 3.8) is 0 Å². The molecule has 202 valence electrons. The highest BCUT2D eigenvalue weighted by Crippen LogP contribution is 2.44. The van der Waals surface area contributed by atoms with E-state index in [0.29, 0.717) is 24.5 Å². The zero-order valence-electron chi connectivity index (χ0n) is 22.4. The summed E-state index contributed by atoms with van der Waals surface area (Å²) in [6, 6.07) is 8.28. The topological polar surface area (TPSA) is 96.2 Å². The summed E-state index contributed by atoms with van der Waals surface area (Å²) in [4.78, 5) is 38.0. The smallest absolute Gasteiger partial charge is 0.253 e. The molecule has 9 nitrogen and oxygen atoms in total. The summed E-state index contributed by atoms with van der Waals surface area (Å²) in [7, 11) is 5.70. The van der Waals surface area contributed by atoms with Crippen LogP contribution in [0.15, 0.2) is 42.7 Å². The van der Waals surface area contributed by atoms with E-state index in [1.54, 1.807) is 41.2 Å². The summed E-state index contributed by atoms with van der Waals surface area (Å²) in [5.74, 6) is -0.990. The molecular formula is C28H30FN7O2S. The van der Waals surface area contributed by atoms with Crippen LogP contribution in [0.1, 0.15) is 35.0 Å². The van der Waals surface area contributed by atoms with Gasteiger partial charge in [-0.05, 0) is 70.2 Å². The van der Waals surface area contributed by atoms with Crippen LogP contribution in [-0.2, 0) is 17.6 Å². The lowest BCUT2D eigenvalue weighted by Gasteiger charge is -2.19. The fourth-order valence-electron chi connectivity index (χ4n) is 4.74. The molecular weight excluding hydrogens is 517 g/mol. The first-order chi connectivity index (χ1) is 18.7. The van der Waals surface area contributed by atoms with Gasteiger partial charge in [-0.15, -0.1) is 0 Å². The first-order valence-electron chi connectivity index (χ1n) is 12.7. The van der Waals surface area contributed by atoms with Gasteiger partial charge in [0.2, 0.25) is 5.91 Å². The summed E-state index contributed by atoms with van der Waals surface area (Å²) < 4.78 is 17.3. The van der Waals surface area contributed by atoms with Crippen LogP contribution in [0.2, 0.25) is 0 Å². The number of hydrogen-bond donors (Lipinski definition) is 1. The van der Waals surface area contributed by atoms with Gasteiger partial charge in [0.15, 0.2) is 5.13 Å². The largest absolute Gasteiger partial charge is 0.342 e. The normalized spacial score (nSPS) is 12.3. The molecule has 3 heterocycles. The van der Waals surface area contributed by atoms with Crippen LogP contribution in [0.5, 0.6) is 0 Å². The average molecular weight is 548 g/mol. The van der Waals surface area contributed by atoms with Crippen LogP contribution >= 0.6 is 11.3 Å². The lowest BCUT2D eigenvalue weighted by Crippen LogP contribution is -2.29. The van der Waals surface area contributed by atoms with Gasteiger partial charge in [-0.1, -0.05) is 11.3 Å². The SMILES string of the molecule is CC(=O)Nc1nc2c(s1)-c1c(c(-c3cccnc3)nn1-c1ccc(C(=O)N(C)CCCN(C)C)cc1F)CC2. The molecule has 0 atom stereocenters. The second-order valence-corrected chi connectivity index (χ2v) is 10.9. The molecule has 1 N–H and O–H groups in total. The molecule has 0 aliphatic heterocycles. The zero-order chi connectivity index (χ0) is 27.7. The Labute approximate surface area is 230 Å². The average Bonchev–Trinajstić information content (AvgIpc) is 3.49. The summed E-state index contributed by atoms with van der Waals surface area (Å²) in [5, 5.41) is 8.12. The number of carbonyl (C=O) groups is 2. The number of hydrogen-bond acceptors (Lipinski definition) is 7. The van der Waals surface area contributed by atoms with Crippen LogP contribution in [0.4, 0.5) is 9.52 Å². The summed E-state index contributed by atoms with van der Waals surface area (Å²) in [6.45, 7) is 2.87. The summed E-state index contributed by atoms with van der Waals surface area (Å²) in [6.07, 6.45) is 5.59. The third-order valence-corrected chi connectivity index (χ3v) is 7.61. The molecule has 0 radical (unpaired) electrons. The molecule has 11 heteroatoms. The van der Waals surface area contributed by atoms with E-state index in [2.05, 4.69) is 20.2 Å². The van der Waals surface area contributed by atoms with E-state index in [0.717, 1.165) is 46.1 Å². The van der Waals surface area contributed by atoms with E-state index < -0.39 is 5.82 Å². The molecule has 1 aliphatic carbocycles. The Hall–Kier alpha value is -3.96. The lowest BCUT2D eigenvalue weighted by atomic mass is 9.95. The van der Waals surface area contributed by atoms with Crippen molar-refractivity contribution in [2.24, 2.45) is 0 Å². The third-order valence-electron chi connectivity index (χ3n) is 6.59. The Morgan fingerprint density at radius 2 is 1.97 bits per heavy atom. The Morgan fingerprint density at radius 3 is 2.67 bits per heavy atom. The number of thiazole rings is 1. The number of anilines is 1. The van der Waals surface area contributed by atoms with Gasteiger partial charge in [0.1, 0.15) is 11.5 Å². The third kappa shape index (κ3) is 5.45. The molecule has 0 saturated heterocycles. The van der Waals surface area contributed by atoms with Crippen LogP contribution in [0, 0.1) is 5.82 Å². The van der Waals surface area contributed by atoms with Crippen molar-refractivity contribution in [3.05, 3.63) is 65.4 Å². The van der Waals surface area contributed by atoms with E-state index >= 15 is 4.39 Å². The van der Waals surface area contributed by atoms with Gasteiger partial charge in [0.05, 0.1) is 22.0 Å². The Balaban J connectivity index is 1.56. The van der Waals surface area contributed by atoms with Gasteiger partial charge < -0.3 is 15.1 Å². The second kappa shape index (κ2) is 11.0. The van der Waals surface area contributed by atoms with Gasteiger partial charge in [-0.2, -0.15) is 5.10 Å². The van der Waals surface area contributed by atoms with Gasteiger partial charge in [0, 0.05) is 49.6 Å². The number of nitrogens with zero attached hydrogens (tertiary/aromatic N) is 6. The number of aryl methyl sites for hydroxylation is 1. The minimum absolute atomic E-state index is 0.205. The maximum atomic E-state index is 15.7. The van der Waals surface area contributed by atoms with Crippen LogP contribution < -0.4 is 5.32 Å². The predicted molar refractivity (Wildman–Crippen MR) is 150 cm³/mol. The molecule has 0 fully saturated rings. The molecule has 0 saturated carbocycles. The fraction of sp³-hybridized carbons (Fsp3) is 0.321. The van der Waals surface area contributed by atoms with E-state index in [9.17, 15) is 9.59 Å². The number of amides is 2. The Bertz CT molecular complexity index is 1530. The molecule has 1 aromatic carbocycles.